The van der Waals surface area contributed by atoms with Crippen molar-refractivity contribution >= 4 is 16.1 Å². The van der Waals surface area contributed by atoms with Crippen LogP contribution in [0.5, 0.6) is 5.75 Å². The maximum absolute atomic E-state index is 12.2. The van der Waals surface area contributed by atoms with Crippen molar-refractivity contribution in [3.05, 3.63) is 59.7 Å². The zero-order valence-corrected chi connectivity index (χ0v) is 16.5. The highest BCUT2D eigenvalue weighted by Gasteiger charge is 2.22. The Labute approximate surface area is 160 Å². The summed E-state index contributed by atoms with van der Waals surface area (Å²) in [6, 6.07) is 13.5. The second kappa shape index (κ2) is 8.41. The normalized spacial score (nSPS) is 11.7. The fraction of sp³-hybridized carbons (Fsp3) is 0.316. The lowest BCUT2D eigenvalue weighted by atomic mass is 9.94. The Kier molecular flexibility index (Phi) is 6.45. The van der Waals surface area contributed by atoms with Crippen LogP contribution in [0.3, 0.4) is 0 Å². The summed E-state index contributed by atoms with van der Waals surface area (Å²) < 4.78 is 27.6. The van der Waals surface area contributed by atoms with Crippen LogP contribution in [0, 0.1) is 0 Å². The van der Waals surface area contributed by atoms with Crippen molar-refractivity contribution in [3.63, 3.8) is 0 Å². The number of methoxy groups -OCH3 is 1. The molecule has 0 fully saturated rings. The lowest BCUT2D eigenvalue weighted by molar-refractivity contribution is 0.230. The number of benzene rings is 2. The molecule has 0 aliphatic rings. The molecule has 0 bridgehead atoms. The maximum Gasteiger partial charge on any atom is 0.315 e. The average molecular weight is 391 g/mol. The Morgan fingerprint density at radius 2 is 1.67 bits per heavy atom. The summed E-state index contributed by atoms with van der Waals surface area (Å²) in [5.74, 6) is 0.757. The van der Waals surface area contributed by atoms with E-state index in [4.69, 9.17) is 9.88 Å². The molecular weight excluding hydrogens is 366 g/mol. The molecule has 0 radical (unpaired) electrons. The van der Waals surface area contributed by atoms with E-state index in [-0.39, 0.29) is 10.9 Å². The third-order valence-corrected chi connectivity index (χ3v) is 5.12. The molecule has 2 rings (SSSR count). The number of urea groups is 1. The van der Waals surface area contributed by atoms with Gasteiger partial charge in [-0.15, -0.1) is 0 Å². The zero-order chi connectivity index (χ0) is 20.1. The van der Waals surface area contributed by atoms with Gasteiger partial charge in [0.1, 0.15) is 5.75 Å². The maximum atomic E-state index is 12.2. The molecule has 146 valence electrons. The number of ether oxygens (including phenoxy) is 1. The number of rotatable bonds is 7. The molecule has 0 atom stereocenters. The van der Waals surface area contributed by atoms with Gasteiger partial charge in [-0.2, -0.15) is 0 Å². The molecule has 0 heterocycles. The zero-order valence-electron chi connectivity index (χ0n) is 15.7. The molecule has 0 aromatic heterocycles. The number of nitrogens with one attached hydrogen (secondary N) is 2. The van der Waals surface area contributed by atoms with Gasteiger partial charge >= 0.3 is 6.03 Å². The molecule has 8 heteroatoms. The van der Waals surface area contributed by atoms with Gasteiger partial charge in [-0.05, 0) is 55.7 Å². The minimum Gasteiger partial charge on any atom is -0.497 e. The van der Waals surface area contributed by atoms with E-state index in [9.17, 15) is 13.2 Å². The molecule has 0 spiro atoms. The Morgan fingerprint density at radius 3 is 2.19 bits per heavy atom. The van der Waals surface area contributed by atoms with Crippen LogP contribution in [0.25, 0.3) is 0 Å². The van der Waals surface area contributed by atoms with E-state index < -0.39 is 15.6 Å². The lowest BCUT2D eigenvalue weighted by Gasteiger charge is -2.27. The minimum absolute atomic E-state index is 0.0678. The quantitative estimate of drug-likeness (QED) is 0.671. The van der Waals surface area contributed by atoms with E-state index in [0.29, 0.717) is 13.0 Å². The van der Waals surface area contributed by atoms with Crippen molar-refractivity contribution in [3.8, 4) is 5.75 Å². The van der Waals surface area contributed by atoms with Gasteiger partial charge in [0.2, 0.25) is 10.0 Å². The number of primary sulfonamides is 1. The van der Waals surface area contributed by atoms with Crippen LogP contribution in [-0.4, -0.2) is 28.1 Å². The smallest absolute Gasteiger partial charge is 0.315 e. The third-order valence-electron chi connectivity index (χ3n) is 4.19. The topological polar surface area (TPSA) is 111 Å². The number of nitrogens with two attached hydrogens (primary N) is 1. The van der Waals surface area contributed by atoms with Gasteiger partial charge in [-0.3, -0.25) is 0 Å². The molecule has 0 saturated carbocycles. The van der Waals surface area contributed by atoms with E-state index in [1.54, 1.807) is 19.2 Å². The third kappa shape index (κ3) is 5.97. The van der Waals surface area contributed by atoms with Gasteiger partial charge in [0, 0.05) is 6.54 Å². The fourth-order valence-corrected chi connectivity index (χ4v) is 3.09. The molecule has 2 amide bonds. The summed E-state index contributed by atoms with van der Waals surface area (Å²) in [5, 5.41) is 10.8. The summed E-state index contributed by atoms with van der Waals surface area (Å²) in [6.07, 6.45) is 0.571. The Balaban J connectivity index is 1.86. The van der Waals surface area contributed by atoms with E-state index in [1.807, 2.05) is 38.1 Å². The van der Waals surface area contributed by atoms with Crippen molar-refractivity contribution in [1.82, 2.24) is 10.6 Å². The highest BCUT2D eigenvalue weighted by Crippen LogP contribution is 2.22. The Morgan fingerprint density at radius 1 is 1.07 bits per heavy atom. The van der Waals surface area contributed by atoms with E-state index in [2.05, 4.69) is 10.6 Å². The monoisotopic (exact) mass is 391 g/mol. The Bertz CT molecular complexity index is 876. The first kappa shape index (κ1) is 20.7. The first-order valence-electron chi connectivity index (χ1n) is 8.44. The largest absolute Gasteiger partial charge is 0.497 e. The minimum atomic E-state index is -3.69. The fourth-order valence-electron chi connectivity index (χ4n) is 2.57. The van der Waals surface area contributed by atoms with Crippen LogP contribution < -0.4 is 20.5 Å². The van der Waals surface area contributed by atoms with Crippen molar-refractivity contribution < 1.29 is 17.9 Å². The molecule has 2 aromatic carbocycles. The second-order valence-corrected chi connectivity index (χ2v) is 8.23. The van der Waals surface area contributed by atoms with Crippen LogP contribution >= 0.6 is 0 Å². The van der Waals surface area contributed by atoms with Crippen molar-refractivity contribution in [1.29, 1.82) is 0 Å². The van der Waals surface area contributed by atoms with Gasteiger partial charge in [0.05, 0.1) is 17.5 Å². The van der Waals surface area contributed by atoms with Crippen molar-refractivity contribution in [2.24, 2.45) is 5.14 Å². The number of sulfonamides is 1. The van der Waals surface area contributed by atoms with Gasteiger partial charge in [0.15, 0.2) is 0 Å². The van der Waals surface area contributed by atoms with Crippen LogP contribution in [0.15, 0.2) is 53.4 Å². The Hall–Kier alpha value is -2.58. The molecule has 0 saturated heterocycles. The number of carbonyl (C=O) groups excluding carboxylic acids is 1. The van der Waals surface area contributed by atoms with Gasteiger partial charge in [-0.1, -0.05) is 24.3 Å². The SMILES string of the molecule is COc1ccc(C(C)(C)NC(=O)NCCc2ccc(S(N)(=O)=O)cc2)cc1. The lowest BCUT2D eigenvalue weighted by Crippen LogP contribution is -2.46. The number of hydrogen-bond donors (Lipinski definition) is 3. The first-order chi connectivity index (χ1) is 12.6. The molecule has 0 unspecified atom stereocenters. The summed E-state index contributed by atoms with van der Waals surface area (Å²) in [7, 11) is -2.09. The van der Waals surface area contributed by atoms with Gasteiger partial charge in [-0.25, -0.2) is 18.4 Å². The van der Waals surface area contributed by atoms with Crippen LogP contribution in [0.1, 0.15) is 25.0 Å². The summed E-state index contributed by atoms with van der Waals surface area (Å²) >= 11 is 0. The van der Waals surface area contributed by atoms with Crippen molar-refractivity contribution in [2.45, 2.75) is 30.7 Å². The summed E-state index contributed by atoms with van der Waals surface area (Å²) in [5.41, 5.74) is 1.31. The first-order valence-corrected chi connectivity index (χ1v) is 9.99. The van der Waals surface area contributed by atoms with Crippen molar-refractivity contribution in [2.75, 3.05) is 13.7 Å². The molecule has 0 aliphatic heterocycles. The summed E-state index contributed by atoms with van der Waals surface area (Å²) in [4.78, 5) is 12.3. The van der Waals surface area contributed by atoms with Crippen LogP contribution in [0.2, 0.25) is 0 Å². The second-order valence-electron chi connectivity index (χ2n) is 6.67. The number of carbonyl (C=O) groups is 1. The highest BCUT2D eigenvalue weighted by atomic mass is 32.2. The predicted octanol–water partition coefficient (Wildman–Crippen LogP) is 2.12. The highest BCUT2D eigenvalue weighted by molar-refractivity contribution is 7.89. The molecule has 2 aromatic rings. The molecular formula is C19H25N3O4S. The van der Waals surface area contributed by atoms with E-state index in [1.165, 1.54) is 12.1 Å². The average Bonchev–Trinajstić information content (AvgIpc) is 2.61. The van der Waals surface area contributed by atoms with Crippen LogP contribution in [0.4, 0.5) is 4.79 Å². The molecule has 27 heavy (non-hydrogen) atoms. The van der Waals surface area contributed by atoms with Gasteiger partial charge < -0.3 is 15.4 Å². The molecule has 0 aliphatic carbocycles. The molecule has 4 N–H and O–H groups in total. The molecule has 7 nitrogen and oxygen atoms in total. The van der Waals surface area contributed by atoms with Gasteiger partial charge in [0.25, 0.3) is 0 Å². The standard InChI is InChI=1S/C19H25N3O4S/c1-19(2,15-6-8-16(26-3)9-7-15)22-18(23)21-13-12-14-4-10-17(11-5-14)27(20,24)25/h4-11H,12-13H2,1-3H3,(H2,20,24,25)(H2,21,22,23). The number of hydrogen-bond acceptors (Lipinski definition) is 4. The van der Waals surface area contributed by atoms with E-state index in [0.717, 1.165) is 16.9 Å². The van der Waals surface area contributed by atoms with Crippen LogP contribution in [-0.2, 0) is 22.0 Å². The summed E-state index contributed by atoms with van der Waals surface area (Å²) in [6.45, 7) is 4.25. The van der Waals surface area contributed by atoms with E-state index >= 15 is 0 Å². The number of amides is 2. The predicted molar refractivity (Wildman–Crippen MR) is 104 cm³/mol.